The standard InChI is InChI=1S/C21H25Cl2N3O2S/c1-14-13-29-19(25-14)6-2-3-9-24-20(27)16-5-4-10-26(12-16)21(28)15-7-8-17(22)18(23)11-15/h7-8,11,13,16H,2-6,9-10,12H2,1H3,(H,24,27). The van der Waals surface area contributed by atoms with Gasteiger partial charge in [-0.05, 0) is 57.2 Å². The predicted molar refractivity (Wildman–Crippen MR) is 118 cm³/mol. The average molecular weight is 454 g/mol. The van der Waals surface area contributed by atoms with Crippen LogP contribution in [0.5, 0.6) is 0 Å². The van der Waals surface area contributed by atoms with Crippen LogP contribution in [0, 0.1) is 12.8 Å². The molecule has 5 nitrogen and oxygen atoms in total. The van der Waals surface area contributed by atoms with Crippen molar-refractivity contribution in [2.75, 3.05) is 19.6 Å². The molecule has 0 radical (unpaired) electrons. The van der Waals surface area contributed by atoms with Crippen molar-refractivity contribution in [2.24, 2.45) is 5.92 Å². The number of carbonyl (C=O) groups excluding carboxylic acids is 2. The number of unbranched alkanes of at least 4 members (excludes halogenated alkanes) is 1. The summed E-state index contributed by atoms with van der Waals surface area (Å²) in [6, 6.07) is 4.88. The second-order valence-corrected chi connectivity index (χ2v) is 9.11. The molecule has 1 saturated heterocycles. The number of piperidine rings is 1. The lowest BCUT2D eigenvalue weighted by Crippen LogP contribution is -2.45. The lowest BCUT2D eigenvalue weighted by Gasteiger charge is -2.32. The fourth-order valence-electron chi connectivity index (χ4n) is 3.46. The van der Waals surface area contributed by atoms with Crippen molar-refractivity contribution in [1.82, 2.24) is 15.2 Å². The summed E-state index contributed by atoms with van der Waals surface area (Å²) in [5.74, 6) is -0.251. The fraction of sp³-hybridized carbons (Fsp3) is 0.476. The molecule has 1 N–H and O–H groups in total. The van der Waals surface area contributed by atoms with E-state index in [1.807, 2.05) is 6.92 Å². The molecular weight excluding hydrogens is 429 g/mol. The summed E-state index contributed by atoms with van der Waals surface area (Å²) in [6.07, 6.45) is 4.48. The van der Waals surface area contributed by atoms with E-state index in [2.05, 4.69) is 15.7 Å². The van der Waals surface area contributed by atoms with Gasteiger partial charge < -0.3 is 10.2 Å². The zero-order valence-electron chi connectivity index (χ0n) is 16.4. The van der Waals surface area contributed by atoms with E-state index in [1.54, 1.807) is 34.4 Å². The number of likely N-dealkylation sites (tertiary alicyclic amines) is 1. The molecule has 1 atom stereocenters. The number of aryl methyl sites for hydroxylation is 2. The number of benzene rings is 1. The van der Waals surface area contributed by atoms with Gasteiger partial charge in [-0.25, -0.2) is 4.98 Å². The van der Waals surface area contributed by atoms with Gasteiger partial charge in [0.25, 0.3) is 5.91 Å². The first kappa shape index (κ1) is 22.1. The Morgan fingerprint density at radius 2 is 2.10 bits per heavy atom. The Morgan fingerprint density at radius 3 is 2.83 bits per heavy atom. The van der Waals surface area contributed by atoms with E-state index in [4.69, 9.17) is 23.2 Å². The van der Waals surface area contributed by atoms with Gasteiger partial charge in [-0.2, -0.15) is 0 Å². The third-order valence-electron chi connectivity index (χ3n) is 5.03. The van der Waals surface area contributed by atoms with Crippen LogP contribution in [0.1, 0.15) is 46.7 Å². The Labute approximate surface area is 185 Å². The molecule has 1 aliphatic heterocycles. The molecule has 1 aliphatic rings. The maximum atomic E-state index is 12.8. The molecule has 2 aromatic rings. The number of thiazole rings is 1. The molecule has 8 heteroatoms. The van der Waals surface area contributed by atoms with Crippen molar-refractivity contribution < 1.29 is 9.59 Å². The molecule has 1 fully saturated rings. The fourth-order valence-corrected chi connectivity index (χ4v) is 4.58. The number of hydrogen-bond acceptors (Lipinski definition) is 4. The number of aromatic nitrogens is 1. The third kappa shape index (κ3) is 6.17. The number of amides is 2. The van der Waals surface area contributed by atoms with Crippen LogP contribution < -0.4 is 5.32 Å². The van der Waals surface area contributed by atoms with Gasteiger partial charge in [0.1, 0.15) is 0 Å². The molecule has 29 heavy (non-hydrogen) atoms. The molecule has 156 valence electrons. The maximum absolute atomic E-state index is 12.8. The van der Waals surface area contributed by atoms with Gasteiger partial charge in [0.15, 0.2) is 0 Å². The minimum absolute atomic E-state index is 0.0294. The molecule has 0 aliphatic carbocycles. The van der Waals surface area contributed by atoms with Gasteiger partial charge in [0.2, 0.25) is 5.91 Å². The van der Waals surface area contributed by atoms with Gasteiger partial charge >= 0.3 is 0 Å². The van der Waals surface area contributed by atoms with Crippen LogP contribution in [0.15, 0.2) is 23.6 Å². The first-order valence-corrected chi connectivity index (χ1v) is 11.5. The van der Waals surface area contributed by atoms with Crippen molar-refractivity contribution in [3.63, 3.8) is 0 Å². The number of halogens is 2. The van der Waals surface area contributed by atoms with Crippen molar-refractivity contribution in [2.45, 2.75) is 39.0 Å². The van der Waals surface area contributed by atoms with Crippen molar-refractivity contribution in [1.29, 1.82) is 0 Å². The van der Waals surface area contributed by atoms with Crippen LogP contribution >= 0.6 is 34.5 Å². The highest BCUT2D eigenvalue weighted by molar-refractivity contribution is 7.09. The van der Waals surface area contributed by atoms with E-state index < -0.39 is 0 Å². The van der Waals surface area contributed by atoms with Crippen molar-refractivity contribution in [3.8, 4) is 0 Å². The Morgan fingerprint density at radius 1 is 1.28 bits per heavy atom. The van der Waals surface area contributed by atoms with Gasteiger partial charge in [-0.3, -0.25) is 9.59 Å². The van der Waals surface area contributed by atoms with Gasteiger partial charge in [-0.15, -0.1) is 11.3 Å². The van der Waals surface area contributed by atoms with Crippen LogP contribution in [0.4, 0.5) is 0 Å². The van der Waals surface area contributed by atoms with E-state index in [1.165, 1.54) is 0 Å². The van der Waals surface area contributed by atoms with Gasteiger partial charge in [0, 0.05) is 36.3 Å². The van der Waals surface area contributed by atoms with Gasteiger partial charge in [-0.1, -0.05) is 23.2 Å². The molecule has 1 aromatic heterocycles. The molecular formula is C21H25Cl2N3O2S. The van der Waals surface area contributed by atoms with E-state index >= 15 is 0 Å². The predicted octanol–water partition coefficient (Wildman–Crippen LogP) is 4.75. The summed E-state index contributed by atoms with van der Waals surface area (Å²) in [6.45, 7) is 3.74. The normalized spacial score (nSPS) is 16.7. The maximum Gasteiger partial charge on any atom is 0.253 e. The Kier molecular flexibility index (Phi) is 7.92. The van der Waals surface area contributed by atoms with Crippen molar-refractivity contribution in [3.05, 3.63) is 49.9 Å². The number of nitrogens with one attached hydrogen (secondary N) is 1. The molecule has 0 bridgehead atoms. The second kappa shape index (κ2) is 10.4. The van der Waals surface area contributed by atoms with Gasteiger partial charge in [0.05, 0.1) is 21.0 Å². The van der Waals surface area contributed by atoms with Crippen molar-refractivity contribution >= 4 is 46.4 Å². The first-order valence-electron chi connectivity index (χ1n) is 9.87. The monoisotopic (exact) mass is 453 g/mol. The number of nitrogens with zero attached hydrogens (tertiary/aromatic N) is 2. The van der Waals surface area contributed by atoms with E-state index in [9.17, 15) is 9.59 Å². The Balaban J connectivity index is 1.43. The summed E-state index contributed by atoms with van der Waals surface area (Å²) in [5, 5.41) is 7.02. The topological polar surface area (TPSA) is 62.3 Å². The first-order chi connectivity index (χ1) is 13.9. The largest absolute Gasteiger partial charge is 0.356 e. The third-order valence-corrected chi connectivity index (χ3v) is 6.79. The molecule has 0 spiro atoms. The summed E-state index contributed by atoms with van der Waals surface area (Å²) in [5.41, 5.74) is 1.56. The number of carbonyl (C=O) groups is 2. The number of rotatable bonds is 7. The minimum atomic E-state index is -0.169. The van der Waals surface area contributed by atoms with E-state index in [-0.39, 0.29) is 17.7 Å². The quantitative estimate of drug-likeness (QED) is 0.615. The zero-order chi connectivity index (χ0) is 20.8. The zero-order valence-corrected chi connectivity index (χ0v) is 18.7. The Hall–Kier alpha value is -1.63. The van der Waals surface area contributed by atoms with Crippen LogP contribution in [-0.4, -0.2) is 41.3 Å². The smallest absolute Gasteiger partial charge is 0.253 e. The SMILES string of the molecule is Cc1csc(CCCCNC(=O)C2CCCN(C(=O)c3ccc(Cl)c(Cl)c3)C2)n1. The molecule has 3 rings (SSSR count). The highest BCUT2D eigenvalue weighted by Crippen LogP contribution is 2.25. The molecule has 0 saturated carbocycles. The molecule has 2 amide bonds. The van der Waals surface area contributed by atoms with E-state index in [0.29, 0.717) is 35.2 Å². The molecule has 1 aromatic carbocycles. The molecule has 2 heterocycles. The summed E-state index contributed by atoms with van der Waals surface area (Å²) in [7, 11) is 0. The minimum Gasteiger partial charge on any atom is -0.356 e. The highest BCUT2D eigenvalue weighted by Gasteiger charge is 2.28. The highest BCUT2D eigenvalue weighted by atomic mass is 35.5. The van der Waals surface area contributed by atoms with Crippen LogP contribution in [0.2, 0.25) is 10.0 Å². The summed E-state index contributed by atoms with van der Waals surface area (Å²) >= 11 is 13.6. The number of hydrogen-bond donors (Lipinski definition) is 1. The Bertz CT molecular complexity index is 871. The summed E-state index contributed by atoms with van der Waals surface area (Å²) < 4.78 is 0. The van der Waals surface area contributed by atoms with Crippen LogP contribution in [0.3, 0.4) is 0 Å². The average Bonchev–Trinajstić information content (AvgIpc) is 3.14. The van der Waals surface area contributed by atoms with Crippen LogP contribution in [-0.2, 0) is 11.2 Å². The lowest BCUT2D eigenvalue weighted by molar-refractivity contribution is -0.126. The lowest BCUT2D eigenvalue weighted by atomic mass is 9.96. The molecule has 1 unspecified atom stereocenters. The summed E-state index contributed by atoms with van der Waals surface area (Å²) in [4.78, 5) is 31.5. The second-order valence-electron chi connectivity index (χ2n) is 7.35. The van der Waals surface area contributed by atoms with Crippen LogP contribution in [0.25, 0.3) is 0 Å². The van der Waals surface area contributed by atoms with E-state index in [0.717, 1.165) is 42.8 Å².